The van der Waals surface area contributed by atoms with E-state index in [9.17, 15) is 29.2 Å². The lowest BCUT2D eigenvalue weighted by molar-refractivity contribution is -0.384. The van der Waals surface area contributed by atoms with Gasteiger partial charge >= 0.3 is 5.91 Å². The van der Waals surface area contributed by atoms with Crippen LogP contribution in [0.1, 0.15) is 22.7 Å². The van der Waals surface area contributed by atoms with E-state index >= 15 is 0 Å². The largest absolute Gasteiger partial charge is 0.507 e. The molecule has 0 radical (unpaired) electrons. The predicted molar refractivity (Wildman–Crippen MR) is 152 cm³/mol. The average molecular weight is 613 g/mol. The molecule has 1 fully saturated rings. The third-order valence-electron chi connectivity index (χ3n) is 6.20. The van der Waals surface area contributed by atoms with Gasteiger partial charge in [0.25, 0.3) is 11.5 Å². The summed E-state index contributed by atoms with van der Waals surface area (Å²) in [7, 11) is 1.28. The van der Waals surface area contributed by atoms with E-state index in [0.717, 1.165) is 27.9 Å². The molecule has 0 bridgehead atoms. The summed E-state index contributed by atoms with van der Waals surface area (Å²) in [5.41, 5.74) is 0.534. The first kappa shape index (κ1) is 28.2. The van der Waals surface area contributed by atoms with Crippen LogP contribution in [0.4, 0.5) is 15.2 Å². The zero-order chi connectivity index (χ0) is 29.3. The Morgan fingerprint density at radius 1 is 1.17 bits per heavy atom. The van der Waals surface area contributed by atoms with Crippen LogP contribution in [0, 0.1) is 15.9 Å². The van der Waals surface area contributed by atoms with Crippen LogP contribution in [-0.4, -0.2) is 39.0 Å². The van der Waals surface area contributed by atoms with Crippen LogP contribution in [0.5, 0.6) is 5.75 Å². The average Bonchev–Trinajstić information content (AvgIpc) is 3.54. The fourth-order valence-corrected chi connectivity index (χ4v) is 6.36. The first-order valence-electron chi connectivity index (χ1n) is 11.8. The molecular formula is C27H18ClFN4O6S2. The van der Waals surface area contributed by atoms with E-state index in [1.807, 2.05) is 18.2 Å². The number of benzene rings is 3. The number of amides is 1. The normalized spacial score (nSPS) is 16.3. The second-order valence-electron chi connectivity index (χ2n) is 8.60. The number of aliphatic hydroxyl groups is 1. The third kappa shape index (κ3) is 5.51. The Morgan fingerprint density at radius 3 is 2.56 bits per heavy atom. The Labute approximate surface area is 245 Å². The summed E-state index contributed by atoms with van der Waals surface area (Å²) in [6.07, 6.45) is 0. The van der Waals surface area contributed by atoms with Gasteiger partial charge in [0.2, 0.25) is 5.13 Å². The molecular weight excluding hydrogens is 595 g/mol. The Balaban J connectivity index is 1.57. The number of hydrogen-bond donors (Lipinski definition) is 1. The molecule has 1 unspecified atom stereocenters. The minimum atomic E-state index is -1.23. The van der Waals surface area contributed by atoms with Gasteiger partial charge in [-0.15, -0.1) is 10.2 Å². The maximum absolute atomic E-state index is 14.5. The number of nitro groups is 1. The minimum absolute atomic E-state index is 0.0667. The van der Waals surface area contributed by atoms with Gasteiger partial charge in [-0.05, 0) is 47.5 Å². The molecule has 1 atom stereocenters. The van der Waals surface area contributed by atoms with Crippen molar-refractivity contribution in [2.45, 2.75) is 16.1 Å². The molecule has 1 aliphatic heterocycles. The van der Waals surface area contributed by atoms with Gasteiger partial charge in [-0.25, -0.2) is 4.39 Å². The van der Waals surface area contributed by atoms with Crippen LogP contribution in [0.3, 0.4) is 0 Å². The van der Waals surface area contributed by atoms with Crippen LogP contribution < -0.4 is 9.64 Å². The molecule has 208 valence electrons. The van der Waals surface area contributed by atoms with E-state index in [1.165, 1.54) is 55.3 Å². The predicted octanol–water partition coefficient (Wildman–Crippen LogP) is 6.17. The van der Waals surface area contributed by atoms with E-state index in [4.69, 9.17) is 16.3 Å². The summed E-state index contributed by atoms with van der Waals surface area (Å²) in [5.74, 6) is -3.06. The van der Waals surface area contributed by atoms with Crippen molar-refractivity contribution in [1.29, 1.82) is 0 Å². The number of nitro benzene ring substituents is 1. The summed E-state index contributed by atoms with van der Waals surface area (Å²) in [5, 5.41) is 31.3. The number of non-ortho nitro benzene ring substituents is 1. The van der Waals surface area contributed by atoms with Crippen LogP contribution >= 0.6 is 34.7 Å². The van der Waals surface area contributed by atoms with Gasteiger partial charge < -0.3 is 9.84 Å². The number of ketones is 1. The number of Topliss-reactive ketones (excluding diaryl/α,β-unsaturated/α-hetero) is 1. The second kappa shape index (κ2) is 11.6. The van der Waals surface area contributed by atoms with Crippen molar-refractivity contribution >= 4 is 63.0 Å². The number of methoxy groups -OCH3 is 1. The molecule has 4 aromatic rings. The van der Waals surface area contributed by atoms with Crippen LogP contribution in [-0.2, 0) is 15.3 Å². The highest BCUT2D eigenvalue weighted by atomic mass is 35.5. The molecule has 3 aromatic carbocycles. The molecule has 5 rings (SSSR count). The molecule has 1 amide bonds. The molecule has 0 spiro atoms. The molecule has 1 saturated heterocycles. The molecule has 41 heavy (non-hydrogen) atoms. The standard InChI is InChI=1S/C27H18ClFN4O6S2/c1-39-20-11-8-15(12-19(20)29)23(34)21-22(14-6-9-17(10-7-14)33(37)38)32(25(36)24(21)35)26-30-31-27(41-26)40-13-16-4-2-3-5-18(16)28/h2-12,22,34H,13H2,1H3. The van der Waals surface area contributed by atoms with Crippen molar-refractivity contribution < 1.29 is 28.7 Å². The van der Waals surface area contributed by atoms with Crippen molar-refractivity contribution in [3.05, 3.63) is 110 Å². The highest BCUT2D eigenvalue weighted by Crippen LogP contribution is 2.44. The summed E-state index contributed by atoms with van der Waals surface area (Å²) in [4.78, 5) is 38.4. The van der Waals surface area contributed by atoms with E-state index in [-0.39, 0.29) is 33.3 Å². The second-order valence-corrected chi connectivity index (χ2v) is 11.2. The van der Waals surface area contributed by atoms with Crippen molar-refractivity contribution in [3.8, 4) is 5.75 Å². The SMILES string of the molecule is COc1ccc(C(O)=C2C(=O)C(=O)N(c3nnc(SCc4ccccc4Cl)s3)C2c2ccc([N+](=O)[O-])cc2)cc1F. The smallest absolute Gasteiger partial charge is 0.301 e. The van der Waals surface area contributed by atoms with Crippen LogP contribution in [0.2, 0.25) is 5.02 Å². The van der Waals surface area contributed by atoms with E-state index in [2.05, 4.69) is 10.2 Å². The van der Waals surface area contributed by atoms with Crippen molar-refractivity contribution in [2.24, 2.45) is 0 Å². The lowest BCUT2D eigenvalue weighted by Crippen LogP contribution is -2.29. The summed E-state index contributed by atoms with van der Waals surface area (Å²) in [6.45, 7) is 0. The number of ether oxygens (including phenoxy) is 1. The van der Waals surface area contributed by atoms with Gasteiger partial charge in [0.15, 0.2) is 15.9 Å². The van der Waals surface area contributed by atoms with Crippen molar-refractivity contribution in [2.75, 3.05) is 12.0 Å². The molecule has 0 aliphatic carbocycles. The summed E-state index contributed by atoms with van der Waals surface area (Å²) in [6, 6.07) is 14.8. The van der Waals surface area contributed by atoms with Gasteiger partial charge in [-0.3, -0.25) is 24.6 Å². The molecule has 1 aliphatic rings. The third-order valence-corrected chi connectivity index (χ3v) is 8.67. The number of anilines is 1. The fourth-order valence-electron chi connectivity index (χ4n) is 4.21. The van der Waals surface area contributed by atoms with E-state index < -0.39 is 34.2 Å². The molecule has 14 heteroatoms. The zero-order valence-corrected chi connectivity index (χ0v) is 23.4. The lowest BCUT2D eigenvalue weighted by atomic mass is 9.95. The highest BCUT2D eigenvalue weighted by Gasteiger charge is 2.48. The number of aromatic nitrogens is 2. The van der Waals surface area contributed by atoms with E-state index in [0.29, 0.717) is 15.1 Å². The number of nitrogens with zero attached hydrogens (tertiary/aromatic N) is 4. The quantitative estimate of drug-likeness (QED) is 0.0471. The number of aliphatic hydroxyl groups excluding tert-OH is 1. The first-order valence-corrected chi connectivity index (χ1v) is 14.0. The number of hydrogen-bond acceptors (Lipinski definition) is 10. The maximum atomic E-state index is 14.5. The van der Waals surface area contributed by atoms with Crippen molar-refractivity contribution in [3.63, 3.8) is 0 Å². The van der Waals surface area contributed by atoms with Crippen molar-refractivity contribution in [1.82, 2.24) is 10.2 Å². The first-order chi connectivity index (χ1) is 19.7. The van der Waals surface area contributed by atoms with Crippen LogP contribution in [0.25, 0.3) is 5.76 Å². The molecule has 2 heterocycles. The topological polar surface area (TPSA) is 136 Å². The minimum Gasteiger partial charge on any atom is -0.507 e. The molecule has 1 N–H and O–H groups in total. The summed E-state index contributed by atoms with van der Waals surface area (Å²) < 4.78 is 19.9. The number of rotatable bonds is 8. The highest BCUT2D eigenvalue weighted by molar-refractivity contribution is 8.00. The Hall–Kier alpha value is -4.33. The van der Waals surface area contributed by atoms with Gasteiger partial charge in [0.05, 0.1) is 23.6 Å². The lowest BCUT2D eigenvalue weighted by Gasteiger charge is -2.22. The maximum Gasteiger partial charge on any atom is 0.301 e. The van der Waals surface area contributed by atoms with Crippen LogP contribution in [0.15, 0.2) is 76.6 Å². The molecule has 10 nitrogen and oxygen atoms in total. The van der Waals surface area contributed by atoms with E-state index in [1.54, 1.807) is 6.07 Å². The Kier molecular flexibility index (Phi) is 8.01. The molecule has 1 aromatic heterocycles. The monoisotopic (exact) mass is 612 g/mol. The number of carbonyl (C=O) groups is 2. The Bertz CT molecular complexity index is 1710. The fraction of sp³-hybridized carbons (Fsp3) is 0.111. The number of carbonyl (C=O) groups excluding carboxylic acids is 2. The van der Waals surface area contributed by atoms with Gasteiger partial charge in [-0.2, -0.15) is 0 Å². The van der Waals surface area contributed by atoms with Gasteiger partial charge in [-0.1, -0.05) is 52.9 Å². The van der Waals surface area contributed by atoms with Gasteiger partial charge in [0, 0.05) is 28.5 Å². The Morgan fingerprint density at radius 2 is 1.90 bits per heavy atom. The number of halogens is 2. The molecule has 0 saturated carbocycles. The summed E-state index contributed by atoms with van der Waals surface area (Å²) >= 11 is 8.61. The van der Waals surface area contributed by atoms with Gasteiger partial charge in [0.1, 0.15) is 5.76 Å². The zero-order valence-electron chi connectivity index (χ0n) is 21.0. The number of thioether (sulfide) groups is 1.